The number of nitrogens with two attached hydrogens (primary N) is 1. The van der Waals surface area contributed by atoms with E-state index in [2.05, 4.69) is 15.0 Å². The second kappa shape index (κ2) is 8.20. The zero-order valence-corrected chi connectivity index (χ0v) is 17.5. The van der Waals surface area contributed by atoms with Crippen LogP contribution in [0.1, 0.15) is 17.1 Å². The highest BCUT2D eigenvalue weighted by Gasteiger charge is 2.15. The van der Waals surface area contributed by atoms with E-state index in [0.29, 0.717) is 46.2 Å². The lowest BCUT2D eigenvalue weighted by atomic mass is 10.1. The molecule has 0 amide bonds. The van der Waals surface area contributed by atoms with Gasteiger partial charge in [-0.2, -0.15) is 0 Å². The Morgan fingerprint density at radius 3 is 2.69 bits per heavy atom. The Morgan fingerprint density at radius 1 is 1.10 bits per heavy atom. The van der Waals surface area contributed by atoms with Gasteiger partial charge < -0.3 is 10.7 Å². The van der Waals surface area contributed by atoms with E-state index in [9.17, 15) is 4.79 Å². The first kappa shape index (κ1) is 20.0. The number of hydrogen-bond acceptors (Lipinski definition) is 4. The summed E-state index contributed by atoms with van der Waals surface area (Å²) in [6, 6.07) is 8.81. The number of benzene rings is 1. The fourth-order valence-corrected chi connectivity index (χ4v) is 3.84. The molecule has 0 aliphatic heterocycles. The molecule has 150 valence electrons. The molecule has 3 heterocycles. The maximum Gasteiger partial charge on any atom is 0.328 e. The van der Waals surface area contributed by atoms with E-state index < -0.39 is 0 Å². The van der Waals surface area contributed by atoms with Gasteiger partial charge in [0.2, 0.25) is 0 Å². The number of halogens is 3. The predicted molar refractivity (Wildman–Crippen MR) is 115 cm³/mol. The molecule has 7 nitrogen and oxygen atoms in total. The molecule has 4 rings (SSSR count). The summed E-state index contributed by atoms with van der Waals surface area (Å²) in [5, 5.41) is 1.48. The number of rotatable bonds is 6. The minimum absolute atomic E-state index is 0.165. The van der Waals surface area contributed by atoms with Crippen molar-refractivity contribution in [1.29, 1.82) is 0 Å². The number of aromatic amines is 1. The van der Waals surface area contributed by atoms with Crippen LogP contribution in [-0.4, -0.2) is 30.6 Å². The SMILES string of the molecule is NCCn1c(Cc2ccc(Cl)cc2Cl)cn(Cc2nc3nc(Cl)ccc3[nH]2)c1=O. The van der Waals surface area contributed by atoms with Gasteiger partial charge in [-0.05, 0) is 29.8 Å². The summed E-state index contributed by atoms with van der Waals surface area (Å²) in [7, 11) is 0. The van der Waals surface area contributed by atoms with Crippen molar-refractivity contribution in [3.05, 3.63) is 79.3 Å². The number of nitrogens with one attached hydrogen (secondary N) is 1. The number of imidazole rings is 2. The summed E-state index contributed by atoms with van der Waals surface area (Å²) in [4.78, 5) is 24.7. The highest BCUT2D eigenvalue weighted by molar-refractivity contribution is 6.35. The molecule has 0 unspecified atom stereocenters. The van der Waals surface area contributed by atoms with Crippen LogP contribution in [0, 0.1) is 0 Å². The molecule has 0 atom stereocenters. The molecule has 0 spiro atoms. The van der Waals surface area contributed by atoms with Crippen LogP contribution >= 0.6 is 34.8 Å². The first-order valence-corrected chi connectivity index (χ1v) is 10.0. The molecule has 0 radical (unpaired) electrons. The van der Waals surface area contributed by atoms with Crippen LogP contribution in [0.2, 0.25) is 15.2 Å². The molecule has 0 aliphatic carbocycles. The lowest BCUT2D eigenvalue weighted by Gasteiger charge is -2.07. The van der Waals surface area contributed by atoms with Gasteiger partial charge in [0, 0.05) is 41.4 Å². The molecule has 3 N–H and O–H groups in total. The second-order valence-electron chi connectivity index (χ2n) is 6.57. The maximum atomic E-state index is 12.9. The minimum atomic E-state index is -0.165. The van der Waals surface area contributed by atoms with Crippen molar-refractivity contribution in [2.45, 2.75) is 19.5 Å². The highest BCUT2D eigenvalue weighted by Crippen LogP contribution is 2.23. The van der Waals surface area contributed by atoms with E-state index in [4.69, 9.17) is 40.5 Å². The highest BCUT2D eigenvalue weighted by atomic mass is 35.5. The Labute approximate surface area is 181 Å². The second-order valence-corrected chi connectivity index (χ2v) is 7.80. The molecule has 0 bridgehead atoms. The molecule has 4 aromatic rings. The molecular formula is C19H17Cl3N6O. The molecule has 29 heavy (non-hydrogen) atoms. The van der Waals surface area contributed by atoms with Gasteiger partial charge in [0.25, 0.3) is 0 Å². The van der Waals surface area contributed by atoms with Crippen LogP contribution in [0.4, 0.5) is 0 Å². The summed E-state index contributed by atoms with van der Waals surface area (Å²) in [5.41, 5.74) is 8.50. The number of nitrogens with zero attached hydrogens (tertiary/aromatic N) is 4. The Balaban J connectivity index is 1.68. The Morgan fingerprint density at radius 2 is 1.93 bits per heavy atom. The van der Waals surface area contributed by atoms with Crippen molar-refractivity contribution in [2.24, 2.45) is 5.73 Å². The van der Waals surface area contributed by atoms with Gasteiger partial charge in [0.05, 0.1) is 12.1 Å². The standard InChI is InChI=1S/C19H17Cl3N6O/c20-12-2-1-11(14(21)8-12)7-13-9-27(19(29)28(13)6-5-23)10-17-24-15-3-4-16(22)25-18(15)26-17/h1-4,8-9H,5-7,10,23H2,(H,24,25,26). The zero-order valence-electron chi connectivity index (χ0n) is 15.2. The molecule has 3 aromatic heterocycles. The Kier molecular flexibility index (Phi) is 5.65. The van der Waals surface area contributed by atoms with Crippen molar-refractivity contribution in [3.63, 3.8) is 0 Å². The molecule has 10 heteroatoms. The van der Waals surface area contributed by atoms with E-state index in [1.165, 1.54) is 0 Å². The van der Waals surface area contributed by atoms with Crippen molar-refractivity contribution < 1.29 is 0 Å². The molecular weight excluding hydrogens is 435 g/mol. The summed E-state index contributed by atoms with van der Waals surface area (Å²) >= 11 is 18.2. The number of aromatic nitrogens is 5. The zero-order chi connectivity index (χ0) is 20.5. The third-order valence-corrected chi connectivity index (χ3v) is 5.35. The monoisotopic (exact) mass is 450 g/mol. The lowest BCUT2D eigenvalue weighted by molar-refractivity contribution is 0.622. The van der Waals surface area contributed by atoms with Crippen LogP contribution in [0.15, 0.2) is 41.3 Å². The van der Waals surface area contributed by atoms with Crippen molar-refractivity contribution in [3.8, 4) is 0 Å². The molecule has 0 saturated carbocycles. The first-order valence-electron chi connectivity index (χ1n) is 8.88. The van der Waals surface area contributed by atoms with E-state index in [-0.39, 0.29) is 12.2 Å². The number of H-pyrrole nitrogens is 1. The summed E-state index contributed by atoms with van der Waals surface area (Å²) in [6.07, 6.45) is 2.28. The van der Waals surface area contributed by atoms with Gasteiger partial charge in [0.1, 0.15) is 11.0 Å². The Hall–Kier alpha value is -2.32. The van der Waals surface area contributed by atoms with Crippen LogP contribution in [0.5, 0.6) is 0 Å². The first-order chi connectivity index (χ1) is 13.9. The minimum Gasteiger partial charge on any atom is -0.339 e. The van der Waals surface area contributed by atoms with Crippen LogP contribution in [-0.2, 0) is 19.5 Å². The third-order valence-electron chi connectivity index (χ3n) is 4.55. The Bertz CT molecular complexity index is 1240. The number of pyridine rings is 1. The lowest BCUT2D eigenvalue weighted by Crippen LogP contribution is -2.28. The van der Waals surface area contributed by atoms with Crippen LogP contribution < -0.4 is 11.4 Å². The molecule has 1 aromatic carbocycles. The fraction of sp³-hybridized carbons (Fsp3) is 0.211. The molecule has 0 aliphatic rings. The summed E-state index contributed by atoms with van der Waals surface area (Å²) in [5.74, 6) is 0.609. The fourth-order valence-electron chi connectivity index (χ4n) is 3.22. The van der Waals surface area contributed by atoms with Crippen molar-refractivity contribution in [2.75, 3.05) is 6.54 Å². The average Bonchev–Trinajstić information content (AvgIpc) is 3.19. The predicted octanol–water partition coefficient (Wildman–Crippen LogP) is 3.48. The quantitative estimate of drug-likeness (QED) is 0.439. The van der Waals surface area contributed by atoms with Gasteiger partial charge >= 0.3 is 5.69 Å². The molecule has 0 fully saturated rings. The van der Waals surface area contributed by atoms with Gasteiger partial charge in [-0.15, -0.1) is 0 Å². The molecule has 0 saturated heterocycles. The third kappa shape index (κ3) is 4.18. The largest absolute Gasteiger partial charge is 0.339 e. The van der Waals surface area contributed by atoms with E-state index >= 15 is 0 Å². The average molecular weight is 452 g/mol. The van der Waals surface area contributed by atoms with Gasteiger partial charge in [-0.25, -0.2) is 14.8 Å². The smallest absolute Gasteiger partial charge is 0.328 e. The van der Waals surface area contributed by atoms with Gasteiger partial charge in [-0.3, -0.25) is 9.13 Å². The van der Waals surface area contributed by atoms with E-state index in [0.717, 1.165) is 16.8 Å². The number of hydrogen-bond donors (Lipinski definition) is 2. The van der Waals surface area contributed by atoms with E-state index in [1.807, 2.05) is 6.07 Å². The van der Waals surface area contributed by atoms with Crippen molar-refractivity contribution >= 4 is 46.0 Å². The summed E-state index contributed by atoms with van der Waals surface area (Å²) in [6.45, 7) is 1.02. The van der Waals surface area contributed by atoms with Crippen molar-refractivity contribution in [1.82, 2.24) is 24.1 Å². The summed E-state index contributed by atoms with van der Waals surface area (Å²) < 4.78 is 3.25. The van der Waals surface area contributed by atoms with Gasteiger partial charge in [-0.1, -0.05) is 40.9 Å². The number of fused-ring (bicyclic) bond motifs is 1. The van der Waals surface area contributed by atoms with Gasteiger partial charge in [0.15, 0.2) is 5.65 Å². The van der Waals surface area contributed by atoms with Crippen LogP contribution in [0.3, 0.4) is 0 Å². The topological polar surface area (TPSA) is 94.5 Å². The normalized spacial score (nSPS) is 11.4. The maximum absolute atomic E-state index is 12.9. The van der Waals surface area contributed by atoms with E-state index in [1.54, 1.807) is 39.6 Å². The van der Waals surface area contributed by atoms with Crippen LogP contribution in [0.25, 0.3) is 11.2 Å².